The van der Waals surface area contributed by atoms with E-state index in [4.69, 9.17) is 9.47 Å². The van der Waals surface area contributed by atoms with E-state index in [2.05, 4.69) is 15.4 Å². The highest BCUT2D eigenvalue weighted by Gasteiger charge is 2.33. The number of alkyl halides is 3. The lowest BCUT2D eigenvalue weighted by Gasteiger charge is -2.29. The molecule has 0 aromatic heterocycles. The van der Waals surface area contributed by atoms with Gasteiger partial charge in [-0.05, 0) is 24.3 Å². The number of hydrogen-bond donors (Lipinski definition) is 1. The van der Waals surface area contributed by atoms with Crippen molar-refractivity contribution in [3.63, 3.8) is 0 Å². The summed E-state index contributed by atoms with van der Waals surface area (Å²) in [5, 5.41) is 9.22. The highest BCUT2D eigenvalue weighted by Crippen LogP contribution is 2.41. The second-order valence-electron chi connectivity index (χ2n) is 7.23. The zero-order valence-corrected chi connectivity index (χ0v) is 18.4. The van der Waals surface area contributed by atoms with E-state index in [1.165, 1.54) is 24.9 Å². The maximum atomic E-state index is 13.2. The summed E-state index contributed by atoms with van der Waals surface area (Å²) in [6, 6.07) is 10.7. The average Bonchev–Trinajstić information content (AvgIpc) is 3.28. The van der Waals surface area contributed by atoms with Gasteiger partial charge in [0.15, 0.2) is 5.17 Å². The number of halogens is 3. The second kappa shape index (κ2) is 9.84. The number of nitrogens with zero attached hydrogens (tertiary/aromatic N) is 3. The number of amides is 1. The fraction of sp³-hybridized carbons (Fsp3) is 0.318. The van der Waals surface area contributed by atoms with Gasteiger partial charge in [0.25, 0.3) is 0 Å². The molecule has 0 saturated carbocycles. The first-order chi connectivity index (χ1) is 15.9. The number of rotatable bonds is 7. The largest absolute Gasteiger partial charge is 0.489 e. The topological polar surface area (TPSA) is 75.5 Å². The molecule has 2 aromatic carbocycles. The lowest BCUT2D eigenvalue weighted by atomic mass is 10.0. The second-order valence-corrected chi connectivity index (χ2v) is 8.18. The summed E-state index contributed by atoms with van der Waals surface area (Å²) in [5.41, 5.74) is 0.941. The number of para-hydroxylation sites is 1. The Labute approximate surface area is 192 Å². The van der Waals surface area contributed by atoms with Crippen LogP contribution in [-0.2, 0) is 15.7 Å². The van der Waals surface area contributed by atoms with Crippen molar-refractivity contribution in [1.29, 1.82) is 0 Å². The van der Waals surface area contributed by atoms with Crippen molar-refractivity contribution < 1.29 is 27.4 Å². The van der Waals surface area contributed by atoms with E-state index in [0.717, 1.165) is 29.8 Å². The van der Waals surface area contributed by atoms with Crippen molar-refractivity contribution in [2.75, 3.05) is 31.4 Å². The number of nitrogens with one attached hydrogen (secondary N) is 1. The maximum Gasteiger partial charge on any atom is 0.416 e. The van der Waals surface area contributed by atoms with Crippen molar-refractivity contribution in [3.8, 4) is 5.75 Å². The van der Waals surface area contributed by atoms with Gasteiger partial charge < -0.3 is 14.8 Å². The predicted octanol–water partition coefficient (Wildman–Crippen LogP) is 4.84. The number of fused-ring (bicyclic) bond motifs is 3. The number of thioether (sulfide) groups is 1. The molecule has 0 spiro atoms. The number of ether oxygens (including phenoxy) is 2. The van der Waals surface area contributed by atoms with Crippen molar-refractivity contribution in [2.24, 2.45) is 10.1 Å². The van der Waals surface area contributed by atoms with Gasteiger partial charge in [-0.15, -0.1) is 0 Å². The first-order valence-corrected chi connectivity index (χ1v) is 11.1. The van der Waals surface area contributed by atoms with E-state index in [9.17, 15) is 18.0 Å². The number of hydrogen-bond acceptors (Lipinski definition) is 7. The molecule has 0 saturated heterocycles. The van der Waals surface area contributed by atoms with Crippen molar-refractivity contribution >= 4 is 40.4 Å². The number of methoxy groups -OCH3 is 1. The monoisotopic (exact) mass is 478 g/mol. The van der Waals surface area contributed by atoms with Gasteiger partial charge in [-0.1, -0.05) is 30.0 Å². The molecule has 0 bridgehead atoms. The first-order valence-electron chi connectivity index (χ1n) is 10.1. The molecule has 2 aliphatic heterocycles. The van der Waals surface area contributed by atoms with Crippen LogP contribution in [0.3, 0.4) is 0 Å². The molecule has 1 atom stereocenters. The van der Waals surface area contributed by atoms with Crippen LogP contribution in [0.1, 0.15) is 23.6 Å². The maximum absolute atomic E-state index is 13.2. The highest BCUT2D eigenvalue weighted by molar-refractivity contribution is 8.14. The summed E-state index contributed by atoms with van der Waals surface area (Å²) in [4.78, 5) is 17.2. The molecule has 33 heavy (non-hydrogen) atoms. The van der Waals surface area contributed by atoms with Crippen LogP contribution in [0.5, 0.6) is 5.75 Å². The Morgan fingerprint density at radius 1 is 1.24 bits per heavy atom. The number of aliphatic imine (C=N–C) groups is 1. The van der Waals surface area contributed by atoms with Crippen molar-refractivity contribution in [2.45, 2.75) is 18.6 Å². The van der Waals surface area contributed by atoms with E-state index < -0.39 is 17.6 Å². The van der Waals surface area contributed by atoms with Crippen LogP contribution in [0.25, 0.3) is 0 Å². The van der Waals surface area contributed by atoms with E-state index in [-0.39, 0.29) is 36.4 Å². The summed E-state index contributed by atoms with van der Waals surface area (Å²) >= 11 is 1.17. The van der Waals surface area contributed by atoms with Crippen LogP contribution in [-0.4, -0.2) is 48.4 Å². The van der Waals surface area contributed by atoms with Crippen LogP contribution >= 0.6 is 11.8 Å². The third-order valence-corrected chi connectivity index (χ3v) is 5.94. The minimum absolute atomic E-state index is 0.0218. The number of benzene rings is 2. The lowest BCUT2D eigenvalue weighted by Crippen LogP contribution is -2.29. The molecule has 1 N–H and O–H groups in total. The van der Waals surface area contributed by atoms with Gasteiger partial charge in [0.1, 0.15) is 12.4 Å². The quantitative estimate of drug-likeness (QED) is 0.577. The smallest absolute Gasteiger partial charge is 0.416 e. The summed E-state index contributed by atoms with van der Waals surface area (Å²) < 4.78 is 49.9. The van der Waals surface area contributed by atoms with Crippen LogP contribution in [0.4, 0.5) is 24.5 Å². The number of amidine groups is 1. The lowest BCUT2D eigenvalue weighted by molar-refractivity contribution is -0.137. The molecule has 0 aliphatic carbocycles. The summed E-state index contributed by atoms with van der Waals surface area (Å²) in [6.07, 6.45) is -2.02. The normalized spacial score (nSPS) is 16.8. The predicted molar refractivity (Wildman–Crippen MR) is 121 cm³/mol. The molecule has 1 amide bonds. The fourth-order valence-corrected chi connectivity index (χ4v) is 4.26. The van der Waals surface area contributed by atoms with E-state index in [1.54, 1.807) is 11.2 Å². The molecular formula is C22H21F3N4O3S. The van der Waals surface area contributed by atoms with E-state index in [0.29, 0.717) is 5.17 Å². The van der Waals surface area contributed by atoms with Gasteiger partial charge >= 0.3 is 6.18 Å². The molecule has 174 valence electrons. The third kappa shape index (κ3) is 5.31. The molecule has 11 heteroatoms. The molecule has 2 aromatic rings. The SMILES string of the molecule is COCCOc1ccc(C(F)(F)F)cc1NC(=O)CSC1=Nc2ccccc2[C@@H]2CC=NN12. The number of carbonyl (C=O) groups excluding carboxylic acids is 1. The van der Waals surface area contributed by atoms with Crippen LogP contribution in [0.15, 0.2) is 52.6 Å². The van der Waals surface area contributed by atoms with Gasteiger partial charge in [-0.3, -0.25) is 4.79 Å². The standard InChI is InChI=1S/C22H21F3N4O3S/c1-31-10-11-32-19-7-6-14(22(23,24)25)12-17(19)27-20(30)13-33-21-28-16-5-3-2-4-15(16)18-8-9-26-29(18)21/h2-7,9,12,18H,8,10-11,13H2,1H3,(H,27,30)/t18-/m0/s1. The fourth-order valence-electron chi connectivity index (χ4n) is 3.46. The Morgan fingerprint density at radius 3 is 2.85 bits per heavy atom. The minimum Gasteiger partial charge on any atom is -0.489 e. The van der Waals surface area contributed by atoms with Crippen LogP contribution in [0.2, 0.25) is 0 Å². The molecular weight excluding hydrogens is 457 g/mol. The summed E-state index contributed by atoms with van der Waals surface area (Å²) in [6.45, 7) is 0.382. The Morgan fingerprint density at radius 2 is 2.06 bits per heavy atom. The van der Waals surface area contributed by atoms with Crippen LogP contribution < -0.4 is 10.1 Å². The molecule has 0 fully saturated rings. The minimum atomic E-state index is -4.55. The van der Waals surface area contributed by atoms with Crippen LogP contribution in [0, 0.1) is 0 Å². The van der Waals surface area contributed by atoms with Gasteiger partial charge in [-0.25, -0.2) is 10.0 Å². The number of hydrazone groups is 1. The highest BCUT2D eigenvalue weighted by atomic mass is 32.2. The number of anilines is 1. The van der Waals surface area contributed by atoms with Gasteiger partial charge in [0.2, 0.25) is 5.91 Å². The van der Waals surface area contributed by atoms with Crippen molar-refractivity contribution in [3.05, 3.63) is 53.6 Å². The molecule has 0 unspecified atom stereocenters. The number of carbonyl (C=O) groups is 1. The average molecular weight is 478 g/mol. The van der Waals surface area contributed by atoms with Gasteiger partial charge in [-0.2, -0.15) is 18.3 Å². The van der Waals surface area contributed by atoms with Gasteiger partial charge in [0.05, 0.1) is 35.3 Å². The summed E-state index contributed by atoms with van der Waals surface area (Å²) in [5.74, 6) is -0.420. The first kappa shape index (κ1) is 23.1. The molecule has 2 heterocycles. The van der Waals surface area contributed by atoms with E-state index >= 15 is 0 Å². The Kier molecular flexibility index (Phi) is 6.89. The molecule has 0 radical (unpaired) electrons. The van der Waals surface area contributed by atoms with Gasteiger partial charge in [0, 0.05) is 25.3 Å². The Hall–Kier alpha value is -3.05. The summed E-state index contributed by atoms with van der Waals surface area (Å²) in [7, 11) is 1.48. The zero-order chi connectivity index (χ0) is 23.4. The van der Waals surface area contributed by atoms with Crippen molar-refractivity contribution in [1.82, 2.24) is 5.01 Å². The Bertz CT molecular complexity index is 1090. The third-order valence-electron chi connectivity index (χ3n) is 5.00. The zero-order valence-electron chi connectivity index (χ0n) is 17.6. The molecule has 2 aliphatic rings. The molecule has 7 nitrogen and oxygen atoms in total. The Balaban J connectivity index is 1.47. The van der Waals surface area contributed by atoms with E-state index in [1.807, 2.05) is 24.3 Å². The molecule has 4 rings (SSSR count).